The molecular weight excluding hydrogens is 350 g/mol. The van der Waals surface area contributed by atoms with Crippen LogP contribution in [0.3, 0.4) is 0 Å². The smallest absolute Gasteiger partial charge is 0.264 e. The Bertz CT molecular complexity index is 865. The Hall–Kier alpha value is -2.55. The first-order valence-corrected chi connectivity index (χ1v) is 9.20. The highest BCUT2D eigenvalue weighted by atomic mass is 32.2. The predicted molar refractivity (Wildman–Crippen MR) is 93.9 cm³/mol. The monoisotopic (exact) mass is 363 g/mol. The van der Waals surface area contributed by atoms with Gasteiger partial charge in [-0.25, -0.2) is 8.42 Å². The number of nitrogens with one attached hydrogen (secondary N) is 1. The molecule has 24 heavy (non-hydrogen) atoms. The fraction of sp³-hybridized carbons (Fsp3) is 0.143. The molecule has 2 rings (SSSR count). The number of thioether (sulfide) groups is 1. The lowest BCUT2D eigenvalue weighted by Crippen LogP contribution is -2.05. The summed E-state index contributed by atoms with van der Waals surface area (Å²) in [5.74, 6) is 0.751. The molecule has 0 aromatic heterocycles. The van der Waals surface area contributed by atoms with Crippen LogP contribution in [-0.4, -0.2) is 20.7 Å². The van der Waals surface area contributed by atoms with Crippen LogP contribution in [0.15, 0.2) is 68.0 Å². The second kappa shape index (κ2) is 8.34. The minimum atomic E-state index is -4.14. The second-order valence-electron chi connectivity index (χ2n) is 4.50. The standard InChI is InChI=1S/C14H13N5O3S2/c15-18-19-24(21,22)12-6-7-13(14(10-12)17-20)16-8-9-23-11-4-2-1-3-5-11/h1-7,10,16H,8-9H2. The molecule has 0 aliphatic heterocycles. The Balaban J connectivity index is 2.03. The summed E-state index contributed by atoms with van der Waals surface area (Å²) in [5.41, 5.74) is 8.62. The van der Waals surface area contributed by atoms with Crippen LogP contribution in [0.5, 0.6) is 0 Å². The molecule has 0 spiro atoms. The van der Waals surface area contributed by atoms with Gasteiger partial charge in [-0.3, -0.25) is 0 Å². The second-order valence-corrected chi connectivity index (χ2v) is 7.26. The van der Waals surface area contributed by atoms with Gasteiger partial charge in [-0.05, 0) is 41.0 Å². The van der Waals surface area contributed by atoms with Gasteiger partial charge in [0.05, 0.1) is 10.6 Å². The molecule has 0 atom stereocenters. The zero-order valence-corrected chi connectivity index (χ0v) is 14.0. The van der Waals surface area contributed by atoms with Gasteiger partial charge < -0.3 is 5.32 Å². The molecule has 0 bridgehead atoms. The number of nitroso groups, excluding NO2 is 1. The average molecular weight is 363 g/mol. The van der Waals surface area contributed by atoms with E-state index in [-0.39, 0.29) is 10.6 Å². The van der Waals surface area contributed by atoms with Crippen molar-refractivity contribution in [2.24, 2.45) is 9.70 Å². The third-order valence-electron chi connectivity index (χ3n) is 2.94. The summed E-state index contributed by atoms with van der Waals surface area (Å²) in [4.78, 5) is 14.0. The van der Waals surface area contributed by atoms with Crippen molar-refractivity contribution in [1.82, 2.24) is 0 Å². The summed E-state index contributed by atoms with van der Waals surface area (Å²) in [7, 11) is -4.14. The summed E-state index contributed by atoms with van der Waals surface area (Å²) < 4.78 is 26.0. The van der Waals surface area contributed by atoms with E-state index in [0.29, 0.717) is 12.2 Å². The van der Waals surface area contributed by atoms with Gasteiger partial charge in [-0.15, -0.1) is 16.7 Å². The lowest BCUT2D eigenvalue weighted by Gasteiger charge is -2.09. The maximum atomic E-state index is 11.6. The number of anilines is 1. The fourth-order valence-electron chi connectivity index (χ4n) is 1.86. The molecule has 2 aromatic rings. The quantitative estimate of drug-likeness (QED) is 0.187. The molecule has 8 nitrogen and oxygen atoms in total. The van der Waals surface area contributed by atoms with Gasteiger partial charge in [0, 0.05) is 26.6 Å². The highest BCUT2D eigenvalue weighted by molar-refractivity contribution is 7.99. The summed E-state index contributed by atoms with van der Waals surface area (Å²) in [5, 5.41) is 5.86. The van der Waals surface area contributed by atoms with Crippen molar-refractivity contribution < 1.29 is 8.42 Å². The number of azide groups is 1. The molecule has 0 aliphatic rings. The summed E-state index contributed by atoms with van der Waals surface area (Å²) in [6.45, 7) is 0.560. The van der Waals surface area contributed by atoms with Crippen molar-refractivity contribution in [1.29, 1.82) is 0 Å². The molecule has 10 heteroatoms. The van der Waals surface area contributed by atoms with E-state index in [0.717, 1.165) is 16.7 Å². The minimum absolute atomic E-state index is 0.0612. The van der Waals surface area contributed by atoms with E-state index in [4.69, 9.17) is 5.53 Å². The molecule has 0 fully saturated rings. The van der Waals surface area contributed by atoms with Crippen molar-refractivity contribution in [3.05, 3.63) is 63.9 Å². The highest BCUT2D eigenvalue weighted by Crippen LogP contribution is 2.29. The van der Waals surface area contributed by atoms with E-state index in [1.165, 1.54) is 12.1 Å². The molecule has 0 heterocycles. The van der Waals surface area contributed by atoms with Gasteiger partial charge in [0.15, 0.2) is 0 Å². The van der Waals surface area contributed by atoms with Gasteiger partial charge in [0.2, 0.25) is 0 Å². The average Bonchev–Trinajstić information content (AvgIpc) is 2.59. The van der Waals surface area contributed by atoms with Crippen molar-refractivity contribution >= 4 is 33.2 Å². The van der Waals surface area contributed by atoms with Crippen LogP contribution in [0, 0.1) is 4.91 Å². The van der Waals surface area contributed by atoms with Crippen molar-refractivity contribution in [2.45, 2.75) is 9.79 Å². The van der Waals surface area contributed by atoms with Crippen LogP contribution in [0.25, 0.3) is 10.4 Å². The molecule has 0 aliphatic carbocycles. The van der Waals surface area contributed by atoms with E-state index in [1.54, 1.807) is 11.8 Å². The SMILES string of the molecule is [N-]=[N+]=NS(=O)(=O)c1ccc(NCCSc2ccccc2)c(N=O)c1. The molecule has 0 unspecified atom stereocenters. The van der Waals surface area contributed by atoms with E-state index in [9.17, 15) is 13.3 Å². The number of nitrogens with zero attached hydrogens (tertiary/aromatic N) is 4. The fourth-order valence-corrected chi connectivity index (χ4v) is 3.34. The first-order valence-electron chi connectivity index (χ1n) is 6.77. The largest absolute Gasteiger partial charge is 0.382 e. The normalized spacial score (nSPS) is 10.7. The van der Waals surface area contributed by atoms with Gasteiger partial charge in [0.25, 0.3) is 10.0 Å². The van der Waals surface area contributed by atoms with E-state index in [1.807, 2.05) is 30.3 Å². The summed E-state index contributed by atoms with van der Waals surface area (Å²) >= 11 is 1.64. The number of hydrogen-bond acceptors (Lipinski definition) is 6. The molecular formula is C14H13N5O3S2. The van der Waals surface area contributed by atoms with Crippen LogP contribution in [-0.2, 0) is 10.0 Å². The molecule has 0 saturated heterocycles. The van der Waals surface area contributed by atoms with Gasteiger partial charge >= 0.3 is 0 Å². The third-order valence-corrected chi connectivity index (χ3v) is 5.09. The van der Waals surface area contributed by atoms with Crippen LogP contribution in [0.4, 0.5) is 11.4 Å². The lowest BCUT2D eigenvalue weighted by molar-refractivity contribution is 0.597. The molecule has 0 amide bonds. The minimum Gasteiger partial charge on any atom is -0.382 e. The first-order chi connectivity index (χ1) is 11.6. The Morgan fingerprint density at radius 1 is 1.17 bits per heavy atom. The van der Waals surface area contributed by atoms with Crippen LogP contribution >= 0.6 is 11.8 Å². The lowest BCUT2D eigenvalue weighted by atomic mass is 10.2. The Kier molecular flexibility index (Phi) is 6.19. The Labute approximate surface area is 142 Å². The third kappa shape index (κ3) is 4.72. The zero-order chi connectivity index (χ0) is 17.4. The van der Waals surface area contributed by atoms with Crippen molar-refractivity contribution in [2.75, 3.05) is 17.6 Å². The van der Waals surface area contributed by atoms with Crippen molar-refractivity contribution in [3.63, 3.8) is 0 Å². The predicted octanol–water partition coefficient (Wildman–Crippen LogP) is 4.29. The number of hydrogen-bond donors (Lipinski definition) is 1. The zero-order valence-electron chi connectivity index (χ0n) is 12.4. The summed E-state index contributed by atoms with van der Waals surface area (Å²) in [6.07, 6.45) is 0. The maximum Gasteiger partial charge on any atom is 0.264 e. The Morgan fingerprint density at radius 3 is 2.58 bits per heavy atom. The Morgan fingerprint density at radius 2 is 1.92 bits per heavy atom. The van der Waals surface area contributed by atoms with Crippen LogP contribution < -0.4 is 5.32 Å². The van der Waals surface area contributed by atoms with E-state index in [2.05, 4.69) is 19.9 Å². The van der Waals surface area contributed by atoms with Crippen molar-refractivity contribution in [3.8, 4) is 0 Å². The number of benzene rings is 2. The molecule has 1 N–H and O–H groups in total. The molecule has 0 saturated carbocycles. The summed E-state index contributed by atoms with van der Waals surface area (Å²) in [6, 6.07) is 13.6. The van der Waals surface area contributed by atoms with E-state index >= 15 is 0 Å². The van der Waals surface area contributed by atoms with Crippen LogP contribution in [0.2, 0.25) is 0 Å². The first kappa shape index (κ1) is 17.8. The topological polar surface area (TPSA) is 124 Å². The number of rotatable bonds is 8. The van der Waals surface area contributed by atoms with Gasteiger partial charge in [0.1, 0.15) is 5.69 Å². The van der Waals surface area contributed by atoms with Gasteiger partial charge in [-0.1, -0.05) is 18.2 Å². The van der Waals surface area contributed by atoms with Crippen LogP contribution in [0.1, 0.15) is 0 Å². The number of sulfonamides is 1. The van der Waals surface area contributed by atoms with Gasteiger partial charge in [-0.2, -0.15) is 0 Å². The van der Waals surface area contributed by atoms with E-state index < -0.39 is 10.0 Å². The maximum absolute atomic E-state index is 11.6. The molecule has 124 valence electrons. The highest BCUT2D eigenvalue weighted by Gasteiger charge is 2.15. The molecule has 2 aromatic carbocycles. The molecule has 0 radical (unpaired) electrons.